The van der Waals surface area contributed by atoms with Gasteiger partial charge >= 0.3 is 18.0 Å². The molecule has 1 aliphatic carbocycles. The van der Waals surface area contributed by atoms with Gasteiger partial charge in [-0.1, -0.05) is 19.8 Å². The number of urea groups is 1. The van der Waals surface area contributed by atoms with Gasteiger partial charge in [0.2, 0.25) is 0 Å². The molecule has 0 aromatic carbocycles. The summed E-state index contributed by atoms with van der Waals surface area (Å²) in [7, 11) is 0. The normalized spacial score (nSPS) is 23.1. The first kappa shape index (κ1) is 17.3. The van der Waals surface area contributed by atoms with Crippen molar-refractivity contribution < 1.29 is 24.6 Å². The van der Waals surface area contributed by atoms with Crippen LogP contribution in [0.1, 0.15) is 45.4 Å². The molecule has 1 fully saturated rings. The number of carboxylic acids is 2. The van der Waals surface area contributed by atoms with Crippen LogP contribution in [0.4, 0.5) is 4.79 Å². The SMILES string of the molecule is CC1CCC(CNC(=O)N[C@@H](CCC(=O)O)C(=O)O)CC1. The smallest absolute Gasteiger partial charge is 0.326 e. The van der Waals surface area contributed by atoms with Gasteiger partial charge in [-0.25, -0.2) is 9.59 Å². The molecule has 0 aliphatic heterocycles. The van der Waals surface area contributed by atoms with Crippen molar-refractivity contribution >= 4 is 18.0 Å². The number of nitrogens with one attached hydrogen (secondary N) is 2. The second kappa shape index (κ2) is 8.49. The topological polar surface area (TPSA) is 116 Å². The molecule has 1 atom stereocenters. The van der Waals surface area contributed by atoms with Crippen LogP contribution in [0.15, 0.2) is 0 Å². The number of amides is 2. The highest BCUT2D eigenvalue weighted by Crippen LogP contribution is 2.27. The van der Waals surface area contributed by atoms with E-state index in [0.29, 0.717) is 12.5 Å². The van der Waals surface area contributed by atoms with Crippen molar-refractivity contribution in [1.29, 1.82) is 0 Å². The Bertz CT molecular complexity index is 378. The van der Waals surface area contributed by atoms with Crippen LogP contribution in [0.5, 0.6) is 0 Å². The minimum absolute atomic E-state index is 0.126. The quantitative estimate of drug-likeness (QED) is 0.567. The Labute approximate surface area is 124 Å². The first-order valence-corrected chi connectivity index (χ1v) is 7.37. The fourth-order valence-corrected chi connectivity index (χ4v) is 2.50. The maximum absolute atomic E-state index is 11.7. The number of aliphatic carboxylic acids is 2. The van der Waals surface area contributed by atoms with E-state index in [1.54, 1.807) is 0 Å². The summed E-state index contributed by atoms with van der Waals surface area (Å²) in [6.45, 7) is 2.75. The van der Waals surface area contributed by atoms with Crippen LogP contribution in [0, 0.1) is 11.8 Å². The summed E-state index contributed by atoms with van der Waals surface area (Å²) in [4.78, 5) is 33.1. The largest absolute Gasteiger partial charge is 0.481 e. The Balaban J connectivity index is 2.29. The predicted molar refractivity (Wildman–Crippen MR) is 76.0 cm³/mol. The summed E-state index contributed by atoms with van der Waals surface area (Å²) in [6.07, 6.45) is 4.04. The fraction of sp³-hybridized carbons (Fsp3) is 0.786. The lowest BCUT2D eigenvalue weighted by molar-refractivity contribution is -0.140. The summed E-state index contributed by atoms with van der Waals surface area (Å²) in [5.41, 5.74) is 0. The fourth-order valence-electron chi connectivity index (χ4n) is 2.50. The van der Waals surface area contributed by atoms with Gasteiger partial charge in [0.05, 0.1) is 0 Å². The van der Waals surface area contributed by atoms with Gasteiger partial charge in [0, 0.05) is 13.0 Å². The molecule has 2 amide bonds. The van der Waals surface area contributed by atoms with Crippen LogP contribution < -0.4 is 10.6 Å². The summed E-state index contributed by atoms with van der Waals surface area (Å²) < 4.78 is 0. The van der Waals surface area contributed by atoms with Crippen LogP contribution in [0.25, 0.3) is 0 Å². The molecular formula is C14H24N2O5. The van der Waals surface area contributed by atoms with Crippen molar-refractivity contribution in [2.75, 3.05) is 6.54 Å². The van der Waals surface area contributed by atoms with Crippen molar-refractivity contribution in [2.24, 2.45) is 11.8 Å². The van der Waals surface area contributed by atoms with E-state index in [9.17, 15) is 14.4 Å². The van der Waals surface area contributed by atoms with E-state index >= 15 is 0 Å². The molecule has 7 nitrogen and oxygen atoms in total. The number of carbonyl (C=O) groups excluding carboxylic acids is 1. The molecule has 1 saturated carbocycles. The summed E-state index contributed by atoms with van der Waals surface area (Å²) in [6, 6.07) is -1.72. The molecule has 0 radical (unpaired) electrons. The average molecular weight is 300 g/mol. The van der Waals surface area contributed by atoms with E-state index in [0.717, 1.165) is 31.6 Å². The lowest BCUT2D eigenvalue weighted by Gasteiger charge is -2.26. The maximum atomic E-state index is 11.7. The van der Waals surface area contributed by atoms with Gasteiger partial charge in [0.1, 0.15) is 6.04 Å². The number of hydrogen-bond donors (Lipinski definition) is 4. The summed E-state index contributed by atoms with van der Waals surface area (Å²) in [5.74, 6) is -1.13. The van der Waals surface area contributed by atoms with Crippen molar-refractivity contribution in [3.8, 4) is 0 Å². The van der Waals surface area contributed by atoms with E-state index in [2.05, 4.69) is 17.6 Å². The van der Waals surface area contributed by atoms with Gasteiger partial charge in [-0.2, -0.15) is 0 Å². The highest BCUT2D eigenvalue weighted by atomic mass is 16.4. The number of carbonyl (C=O) groups is 3. The third-order valence-electron chi connectivity index (χ3n) is 3.94. The molecule has 0 unspecified atom stereocenters. The van der Waals surface area contributed by atoms with Gasteiger partial charge in [-0.05, 0) is 31.1 Å². The standard InChI is InChI=1S/C14H24N2O5/c1-9-2-4-10(5-3-9)8-15-14(21)16-11(13(19)20)6-7-12(17)18/h9-11H,2-8H2,1H3,(H,17,18)(H,19,20)(H2,15,16,21)/t9?,10?,11-/m0/s1. The molecule has 120 valence electrons. The molecule has 4 N–H and O–H groups in total. The first-order chi connectivity index (χ1) is 9.88. The molecular weight excluding hydrogens is 276 g/mol. The van der Waals surface area contributed by atoms with Gasteiger partial charge in [-0.3, -0.25) is 4.79 Å². The van der Waals surface area contributed by atoms with Crippen LogP contribution in [0.2, 0.25) is 0 Å². The third kappa shape index (κ3) is 6.97. The van der Waals surface area contributed by atoms with Crippen molar-refractivity contribution in [3.63, 3.8) is 0 Å². The second-order valence-electron chi connectivity index (χ2n) is 5.80. The van der Waals surface area contributed by atoms with E-state index in [-0.39, 0.29) is 12.8 Å². The Morgan fingerprint density at radius 3 is 2.29 bits per heavy atom. The Morgan fingerprint density at radius 2 is 1.76 bits per heavy atom. The molecule has 0 spiro atoms. The van der Waals surface area contributed by atoms with Crippen molar-refractivity contribution in [1.82, 2.24) is 10.6 Å². The monoisotopic (exact) mass is 300 g/mol. The zero-order valence-electron chi connectivity index (χ0n) is 12.3. The molecule has 0 bridgehead atoms. The van der Waals surface area contributed by atoms with Gasteiger partial charge in [0.15, 0.2) is 0 Å². The highest BCUT2D eigenvalue weighted by Gasteiger charge is 2.22. The molecule has 0 aromatic heterocycles. The minimum Gasteiger partial charge on any atom is -0.481 e. The third-order valence-corrected chi connectivity index (χ3v) is 3.94. The number of rotatable bonds is 7. The molecule has 1 rings (SSSR count). The van der Waals surface area contributed by atoms with Gasteiger partial charge in [-0.15, -0.1) is 0 Å². The summed E-state index contributed by atoms with van der Waals surface area (Å²) >= 11 is 0. The lowest BCUT2D eigenvalue weighted by Crippen LogP contribution is -2.47. The minimum atomic E-state index is -1.22. The molecule has 1 aliphatic rings. The van der Waals surface area contributed by atoms with E-state index in [4.69, 9.17) is 10.2 Å². The molecule has 21 heavy (non-hydrogen) atoms. The van der Waals surface area contributed by atoms with Crippen LogP contribution in [-0.2, 0) is 9.59 Å². The van der Waals surface area contributed by atoms with E-state index in [1.807, 2.05) is 0 Å². The lowest BCUT2D eigenvalue weighted by atomic mass is 9.83. The average Bonchev–Trinajstić information content (AvgIpc) is 2.42. The van der Waals surface area contributed by atoms with E-state index in [1.165, 1.54) is 0 Å². The van der Waals surface area contributed by atoms with Gasteiger partial charge in [0.25, 0.3) is 0 Å². The zero-order valence-corrected chi connectivity index (χ0v) is 12.3. The Kier molecular flexibility index (Phi) is 6.98. The first-order valence-electron chi connectivity index (χ1n) is 7.37. The highest BCUT2D eigenvalue weighted by molar-refractivity contribution is 5.82. The molecule has 0 heterocycles. The Morgan fingerprint density at radius 1 is 1.14 bits per heavy atom. The maximum Gasteiger partial charge on any atom is 0.326 e. The predicted octanol–water partition coefficient (Wildman–Crippen LogP) is 1.43. The molecule has 0 aromatic rings. The second-order valence-corrected chi connectivity index (χ2v) is 5.80. The van der Waals surface area contributed by atoms with E-state index < -0.39 is 24.0 Å². The summed E-state index contributed by atoms with van der Waals surface area (Å²) in [5, 5.41) is 22.5. The van der Waals surface area contributed by atoms with Crippen molar-refractivity contribution in [2.45, 2.75) is 51.5 Å². The van der Waals surface area contributed by atoms with Gasteiger partial charge < -0.3 is 20.8 Å². The van der Waals surface area contributed by atoms with Crippen molar-refractivity contribution in [3.05, 3.63) is 0 Å². The van der Waals surface area contributed by atoms with Crippen LogP contribution in [0.3, 0.4) is 0 Å². The van der Waals surface area contributed by atoms with Crippen LogP contribution in [-0.4, -0.2) is 40.8 Å². The Hall–Kier alpha value is -1.79. The molecule has 0 saturated heterocycles. The molecule has 7 heteroatoms. The van der Waals surface area contributed by atoms with Crippen LogP contribution >= 0.6 is 0 Å². The zero-order chi connectivity index (χ0) is 15.8. The number of hydrogen-bond acceptors (Lipinski definition) is 3. The number of carboxylic acid groups (broad SMARTS) is 2.